The van der Waals surface area contributed by atoms with Crippen LogP contribution < -0.4 is 0 Å². The molecule has 4 heteroatoms. The van der Waals surface area contributed by atoms with Crippen LogP contribution in [0.4, 0.5) is 4.39 Å². The maximum absolute atomic E-state index is 12.7. The number of aliphatic hydroxyl groups is 1. The van der Waals surface area contributed by atoms with Crippen molar-refractivity contribution in [1.82, 2.24) is 0 Å². The molecule has 0 aliphatic heterocycles. The van der Waals surface area contributed by atoms with Gasteiger partial charge in [0.15, 0.2) is 0 Å². The summed E-state index contributed by atoms with van der Waals surface area (Å²) in [4.78, 5) is 11.5. The molecule has 16 heavy (non-hydrogen) atoms. The summed E-state index contributed by atoms with van der Waals surface area (Å²) in [6.45, 7) is 0.0225. The molecule has 88 valence electrons. The minimum Gasteiger partial charge on any atom is -0.469 e. The number of halogens is 1. The van der Waals surface area contributed by atoms with Gasteiger partial charge in [-0.2, -0.15) is 0 Å². The molecule has 1 atom stereocenters. The molecule has 1 aromatic rings. The highest BCUT2D eigenvalue weighted by molar-refractivity contribution is 5.77. The van der Waals surface area contributed by atoms with Gasteiger partial charge in [-0.05, 0) is 30.5 Å². The molecule has 0 aliphatic carbocycles. The smallest absolute Gasteiger partial charge is 0.313 e. The highest BCUT2D eigenvalue weighted by Crippen LogP contribution is 2.22. The molecule has 0 bridgehead atoms. The van der Waals surface area contributed by atoms with Gasteiger partial charge < -0.3 is 9.84 Å². The highest BCUT2D eigenvalue weighted by Gasteiger charge is 2.20. The third-order valence-electron chi connectivity index (χ3n) is 2.41. The van der Waals surface area contributed by atoms with E-state index in [9.17, 15) is 9.18 Å². The fourth-order valence-electron chi connectivity index (χ4n) is 1.55. The highest BCUT2D eigenvalue weighted by atomic mass is 19.1. The molecule has 0 radical (unpaired) electrons. The number of carbonyl (C=O) groups is 1. The normalized spacial score (nSPS) is 12.2. The van der Waals surface area contributed by atoms with Gasteiger partial charge in [0.1, 0.15) is 5.82 Å². The van der Waals surface area contributed by atoms with Gasteiger partial charge in [-0.3, -0.25) is 4.79 Å². The quantitative estimate of drug-likeness (QED) is 0.779. The minimum atomic E-state index is -0.433. The summed E-state index contributed by atoms with van der Waals surface area (Å²) in [7, 11) is 1.32. The summed E-state index contributed by atoms with van der Waals surface area (Å²) in [5.74, 6) is -1.13. The molecule has 1 unspecified atom stereocenters. The lowest BCUT2D eigenvalue weighted by Gasteiger charge is -2.14. The van der Waals surface area contributed by atoms with Gasteiger partial charge >= 0.3 is 5.97 Å². The number of aliphatic hydroxyl groups excluding tert-OH is 1. The fraction of sp³-hybridized carbons (Fsp3) is 0.417. The summed E-state index contributed by atoms with van der Waals surface area (Å²) >= 11 is 0. The summed E-state index contributed by atoms with van der Waals surface area (Å²) in [6, 6.07) is 5.75. The van der Waals surface area contributed by atoms with Gasteiger partial charge in [0, 0.05) is 6.61 Å². The number of methoxy groups -OCH3 is 1. The Morgan fingerprint density at radius 3 is 2.56 bits per heavy atom. The first-order chi connectivity index (χ1) is 7.69. The zero-order chi connectivity index (χ0) is 12.0. The van der Waals surface area contributed by atoms with Crippen molar-refractivity contribution >= 4 is 5.97 Å². The number of esters is 1. The molecule has 0 aliphatic rings. The van der Waals surface area contributed by atoms with Crippen LogP contribution in [0.15, 0.2) is 24.3 Å². The van der Waals surface area contributed by atoms with Crippen molar-refractivity contribution in [2.75, 3.05) is 13.7 Å². The molecule has 0 fully saturated rings. The summed E-state index contributed by atoms with van der Waals surface area (Å²) < 4.78 is 17.4. The Morgan fingerprint density at radius 2 is 2.06 bits per heavy atom. The Kier molecular flexibility index (Phi) is 4.92. The number of ether oxygens (including phenoxy) is 1. The first-order valence-corrected chi connectivity index (χ1v) is 5.13. The Morgan fingerprint density at radius 1 is 1.44 bits per heavy atom. The maximum Gasteiger partial charge on any atom is 0.313 e. The second-order valence-corrected chi connectivity index (χ2v) is 3.49. The Balaban J connectivity index is 2.82. The first kappa shape index (κ1) is 12.6. The van der Waals surface area contributed by atoms with Crippen LogP contribution in [0.1, 0.15) is 24.3 Å². The molecule has 1 N–H and O–H groups in total. The van der Waals surface area contributed by atoms with E-state index in [0.29, 0.717) is 18.4 Å². The van der Waals surface area contributed by atoms with Crippen molar-refractivity contribution in [2.45, 2.75) is 18.8 Å². The lowest BCUT2D eigenvalue weighted by atomic mass is 9.94. The van der Waals surface area contributed by atoms with Crippen LogP contribution in [0, 0.1) is 5.82 Å². The van der Waals surface area contributed by atoms with Gasteiger partial charge in [-0.1, -0.05) is 12.1 Å². The molecule has 0 aromatic heterocycles. The predicted octanol–water partition coefficient (Wildman–Crippen LogP) is 1.85. The largest absolute Gasteiger partial charge is 0.469 e. The van der Waals surface area contributed by atoms with E-state index in [4.69, 9.17) is 5.11 Å². The van der Waals surface area contributed by atoms with E-state index in [1.807, 2.05) is 0 Å². The van der Waals surface area contributed by atoms with Crippen molar-refractivity contribution in [3.63, 3.8) is 0 Å². The van der Waals surface area contributed by atoms with Gasteiger partial charge in [-0.15, -0.1) is 0 Å². The standard InChI is InChI=1S/C12H15FO3/c1-16-12(15)11(3-2-8-14)9-4-6-10(13)7-5-9/h4-7,11,14H,2-3,8H2,1H3. The second kappa shape index (κ2) is 6.23. The molecule has 0 heterocycles. The average Bonchev–Trinajstić information content (AvgIpc) is 2.31. The predicted molar refractivity (Wildman–Crippen MR) is 57.5 cm³/mol. The zero-order valence-corrected chi connectivity index (χ0v) is 9.15. The van der Waals surface area contributed by atoms with Crippen molar-refractivity contribution in [3.8, 4) is 0 Å². The second-order valence-electron chi connectivity index (χ2n) is 3.49. The number of hydrogen-bond donors (Lipinski definition) is 1. The van der Waals surface area contributed by atoms with Crippen LogP contribution in [-0.4, -0.2) is 24.8 Å². The maximum atomic E-state index is 12.7. The molecule has 0 saturated carbocycles. The third kappa shape index (κ3) is 3.31. The summed E-state index contributed by atoms with van der Waals surface area (Å²) in [6.07, 6.45) is 1.01. The zero-order valence-electron chi connectivity index (χ0n) is 9.15. The van der Waals surface area contributed by atoms with E-state index in [1.54, 1.807) is 12.1 Å². The van der Waals surface area contributed by atoms with Crippen molar-refractivity contribution in [2.24, 2.45) is 0 Å². The van der Waals surface area contributed by atoms with Crippen molar-refractivity contribution < 1.29 is 19.0 Å². The summed E-state index contributed by atoms with van der Waals surface area (Å²) in [5.41, 5.74) is 0.710. The first-order valence-electron chi connectivity index (χ1n) is 5.13. The van der Waals surface area contributed by atoms with E-state index in [0.717, 1.165) is 0 Å². The van der Waals surface area contributed by atoms with Gasteiger partial charge in [0.2, 0.25) is 0 Å². The van der Waals surface area contributed by atoms with Gasteiger partial charge in [-0.25, -0.2) is 4.39 Å². The molecular formula is C12H15FO3. The average molecular weight is 226 g/mol. The van der Waals surface area contributed by atoms with Crippen LogP contribution >= 0.6 is 0 Å². The molecule has 1 aromatic carbocycles. The van der Waals surface area contributed by atoms with Crippen LogP contribution in [0.5, 0.6) is 0 Å². The van der Waals surface area contributed by atoms with E-state index in [2.05, 4.69) is 4.74 Å². The Hall–Kier alpha value is -1.42. The van der Waals surface area contributed by atoms with E-state index >= 15 is 0 Å². The van der Waals surface area contributed by atoms with E-state index in [-0.39, 0.29) is 18.4 Å². The number of benzene rings is 1. The van der Waals surface area contributed by atoms with Crippen LogP contribution in [0.2, 0.25) is 0 Å². The monoisotopic (exact) mass is 226 g/mol. The number of rotatable bonds is 5. The third-order valence-corrected chi connectivity index (χ3v) is 2.41. The fourth-order valence-corrected chi connectivity index (χ4v) is 1.55. The molecule has 0 amide bonds. The SMILES string of the molecule is COC(=O)C(CCCO)c1ccc(F)cc1. The number of hydrogen-bond acceptors (Lipinski definition) is 3. The van der Waals surface area contributed by atoms with Gasteiger partial charge in [0.05, 0.1) is 13.0 Å². The lowest BCUT2D eigenvalue weighted by Crippen LogP contribution is -2.14. The van der Waals surface area contributed by atoms with Crippen LogP contribution in [-0.2, 0) is 9.53 Å². The molecular weight excluding hydrogens is 211 g/mol. The lowest BCUT2D eigenvalue weighted by molar-refractivity contribution is -0.142. The summed E-state index contributed by atoms with van der Waals surface area (Å²) in [5, 5.41) is 8.75. The van der Waals surface area contributed by atoms with Gasteiger partial charge in [0.25, 0.3) is 0 Å². The molecule has 3 nitrogen and oxygen atoms in total. The Bertz CT molecular complexity index is 335. The van der Waals surface area contributed by atoms with Crippen molar-refractivity contribution in [3.05, 3.63) is 35.6 Å². The Labute approximate surface area is 93.9 Å². The van der Waals surface area contributed by atoms with Crippen molar-refractivity contribution in [1.29, 1.82) is 0 Å². The minimum absolute atomic E-state index is 0.0225. The topological polar surface area (TPSA) is 46.5 Å². The molecule has 0 spiro atoms. The van der Waals surface area contributed by atoms with E-state index < -0.39 is 5.92 Å². The van der Waals surface area contributed by atoms with E-state index in [1.165, 1.54) is 19.2 Å². The van der Waals surface area contributed by atoms with Crippen LogP contribution in [0.25, 0.3) is 0 Å². The molecule has 0 saturated heterocycles. The number of carbonyl (C=O) groups excluding carboxylic acids is 1. The van der Waals surface area contributed by atoms with Crippen LogP contribution in [0.3, 0.4) is 0 Å². The molecule has 1 rings (SSSR count).